The van der Waals surface area contributed by atoms with Crippen molar-refractivity contribution in [2.24, 2.45) is 0 Å². The maximum absolute atomic E-state index is 11.7. The number of rotatable bonds is 3. The molecule has 0 radical (unpaired) electrons. The molecule has 1 aromatic carbocycles. The molecule has 0 spiro atoms. The topological polar surface area (TPSA) is 58.6 Å². The van der Waals surface area contributed by atoms with Gasteiger partial charge in [-0.05, 0) is 17.5 Å². The number of nitrogens with zero attached hydrogens (tertiary/aromatic N) is 1. The summed E-state index contributed by atoms with van der Waals surface area (Å²) in [6.07, 6.45) is 0.737. The van der Waals surface area contributed by atoms with Crippen LogP contribution in [0.5, 0.6) is 0 Å². The van der Waals surface area contributed by atoms with Crippen molar-refractivity contribution in [1.82, 2.24) is 9.19 Å². The molecule has 6 heteroatoms. The van der Waals surface area contributed by atoms with Crippen LogP contribution in [0.2, 0.25) is 0 Å². The lowest BCUT2D eigenvalue weighted by Crippen LogP contribution is -2.42. The van der Waals surface area contributed by atoms with Crippen LogP contribution in [-0.2, 0) is 28.0 Å². The van der Waals surface area contributed by atoms with E-state index in [4.69, 9.17) is 0 Å². The average Bonchev–Trinajstić information content (AvgIpc) is 2.28. The summed E-state index contributed by atoms with van der Waals surface area (Å²) in [5.41, 5.74) is 2.27. The normalized spacial score (nSPS) is 17.1. The van der Waals surface area contributed by atoms with Crippen LogP contribution in [0.15, 0.2) is 24.3 Å². The highest BCUT2D eigenvalue weighted by Crippen LogP contribution is 2.19. The number of fused-ring (bicyclic) bond motifs is 1. The molecule has 1 N–H and O–H groups in total. The van der Waals surface area contributed by atoms with Gasteiger partial charge in [0.2, 0.25) is 0 Å². The predicted molar refractivity (Wildman–Crippen MR) is 59.6 cm³/mol. The van der Waals surface area contributed by atoms with E-state index in [9.17, 15) is 8.42 Å². The van der Waals surface area contributed by atoms with Gasteiger partial charge in [-0.25, -0.2) is 0 Å². The van der Waals surface area contributed by atoms with Crippen LogP contribution in [0.25, 0.3) is 0 Å². The van der Waals surface area contributed by atoms with Crippen LogP contribution in [0, 0.1) is 0 Å². The highest BCUT2D eigenvalue weighted by atomic mass is 32.2. The summed E-state index contributed by atoms with van der Waals surface area (Å²) in [5.74, 6) is 0. The van der Waals surface area contributed by atoms with Gasteiger partial charge < -0.3 is 0 Å². The summed E-state index contributed by atoms with van der Waals surface area (Å²) >= 11 is 0. The van der Waals surface area contributed by atoms with E-state index in [1.54, 1.807) is 0 Å². The van der Waals surface area contributed by atoms with Crippen LogP contribution in [0.3, 0.4) is 0 Å². The minimum Gasteiger partial charge on any atom is -0.289 e. The molecule has 0 aliphatic carbocycles. The largest absolute Gasteiger partial charge is 0.301 e. The van der Waals surface area contributed by atoms with Crippen molar-refractivity contribution in [2.75, 3.05) is 13.7 Å². The third-order valence-electron chi connectivity index (χ3n) is 2.62. The van der Waals surface area contributed by atoms with Gasteiger partial charge in [-0.3, -0.25) is 4.84 Å². The maximum Gasteiger partial charge on any atom is 0.301 e. The Morgan fingerprint density at radius 3 is 2.69 bits per heavy atom. The average molecular weight is 242 g/mol. The molecular weight excluding hydrogens is 228 g/mol. The minimum atomic E-state index is -3.52. The van der Waals surface area contributed by atoms with Crippen molar-refractivity contribution in [2.45, 2.75) is 13.0 Å². The second-order valence-electron chi connectivity index (χ2n) is 3.64. The molecule has 88 valence electrons. The first-order valence-corrected chi connectivity index (χ1v) is 6.44. The van der Waals surface area contributed by atoms with E-state index in [0.717, 1.165) is 12.0 Å². The SMILES string of the molecule is CONS(=O)(=O)N1CCc2ccccc2C1. The van der Waals surface area contributed by atoms with E-state index in [-0.39, 0.29) is 0 Å². The lowest BCUT2D eigenvalue weighted by Gasteiger charge is -2.27. The third-order valence-corrected chi connectivity index (χ3v) is 3.99. The van der Waals surface area contributed by atoms with E-state index in [2.05, 4.69) is 4.84 Å². The van der Waals surface area contributed by atoms with E-state index < -0.39 is 10.2 Å². The molecule has 1 aromatic rings. The smallest absolute Gasteiger partial charge is 0.289 e. The molecule has 1 heterocycles. The standard InChI is InChI=1S/C10H14N2O3S/c1-15-11-16(13,14)12-7-6-9-4-2-3-5-10(9)8-12/h2-5,11H,6-8H2,1H3. The van der Waals surface area contributed by atoms with Gasteiger partial charge in [-0.2, -0.15) is 12.7 Å². The molecule has 2 rings (SSSR count). The molecule has 0 unspecified atom stereocenters. The van der Waals surface area contributed by atoms with E-state index >= 15 is 0 Å². The lowest BCUT2D eigenvalue weighted by atomic mass is 10.0. The van der Waals surface area contributed by atoms with E-state index in [1.807, 2.05) is 29.2 Å². The van der Waals surface area contributed by atoms with Crippen molar-refractivity contribution in [1.29, 1.82) is 0 Å². The molecule has 0 saturated carbocycles. The summed E-state index contributed by atoms with van der Waals surface area (Å²) in [5, 5.41) is 0. The first kappa shape index (κ1) is 11.5. The zero-order valence-electron chi connectivity index (χ0n) is 9.01. The zero-order valence-corrected chi connectivity index (χ0v) is 9.83. The third kappa shape index (κ3) is 2.25. The van der Waals surface area contributed by atoms with Gasteiger partial charge in [-0.1, -0.05) is 29.2 Å². The monoisotopic (exact) mass is 242 g/mol. The van der Waals surface area contributed by atoms with Crippen LogP contribution < -0.4 is 4.89 Å². The first-order chi connectivity index (χ1) is 7.63. The predicted octanol–water partition coefficient (Wildman–Crippen LogP) is 0.440. The van der Waals surface area contributed by atoms with Gasteiger partial charge in [0.1, 0.15) is 0 Å². The van der Waals surface area contributed by atoms with E-state index in [1.165, 1.54) is 17.0 Å². The molecule has 0 aromatic heterocycles. The second-order valence-corrected chi connectivity index (χ2v) is 5.28. The Bertz CT molecular complexity index is 473. The molecule has 1 aliphatic rings. The Morgan fingerprint density at radius 2 is 2.00 bits per heavy atom. The number of hydrogen-bond donors (Lipinski definition) is 1. The Hall–Kier alpha value is -0.950. The van der Waals surface area contributed by atoms with Crippen LogP contribution in [0.1, 0.15) is 11.1 Å². The molecule has 0 bridgehead atoms. The van der Waals surface area contributed by atoms with Gasteiger partial charge in [0.25, 0.3) is 0 Å². The molecule has 5 nitrogen and oxygen atoms in total. The molecule has 0 saturated heterocycles. The molecule has 0 amide bonds. The molecule has 0 fully saturated rings. The maximum atomic E-state index is 11.7. The summed E-state index contributed by atoms with van der Waals surface area (Å²) in [6.45, 7) is 0.880. The first-order valence-electron chi connectivity index (χ1n) is 5.00. The van der Waals surface area contributed by atoms with Gasteiger partial charge in [0.05, 0.1) is 7.11 Å². The summed E-state index contributed by atoms with van der Waals surface area (Å²) in [7, 11) is -2.23. The second kappa shape index (κ2) is 4.50. The summed E-state index contributed by atoms with van der Waals surface area (Å²) < 4.78 is 24.7. The summed E-state index contributed by atoms with van der Waals surface area (Å²) in [4.78, 5) is 6.49. The Labute approximate surface area is 95.2 Å². The number of hydrogen-bond acceptors (Lipinski definition) is 3. The van der Waals surface area contributed by atoms with Crippen molar-refractivity contribution < 1.29 is 13.3 Å². The Morgan fingerprint density at radius 1 is 1.31 bits per heavy atom. The number of nitrogens with one attached hydrogen (secondary N) is 1. The van der Waals surface area contributed by atoms with Crippen LogP contribution in [0.4, 0.5) is 0 Å². The fourth-order valence-corrected chi connectivity index (χ4v) is 2.79. The lowest BCUT2D eigenvalue weighted by molar-refractivity contribution is 0.144. The molecular formula is C10H14N2O3S. The van der Waals surface area contributed by atoms with Crippen molar-refractivity contribution in [3.05, 3.63) is 35.4 Å². The summed E-state index contributed by atoms with van der Waals surface area (Å²) in [6, 6.07) is 7.86. The van der Waals surface area contributed by atoms with Crippen molar-refractivity contribution in [3.8, 4) is 0 Å². The fraction of sp³-hybridized carbons (Fsp3) is 0.400. The fourth-order valence-electron chi connectivity index (χ4n) is 1.83. The molecule has 16 heavy (non-hydrogen) atoms. The Kier molecular flexibility index (Phi) is 3.25. The molecule has 1 aliphatic heterocycles. The highest BCUT2D eigenvalue weighted by molar-refractivity contribution is 7.86. The quantitative estimate of drug-likeness (QED) is 0.782. The van der Waals surface area contributed by atoms with Gasteiger partial charge >= 0.3 is 10.2 Å². The number of benzene rings is 1. The van der Waals surface area contributed by atoms with Gasteiger partial charge in [0.15, 0.2) is 0 Å². The van der Waals surface area contributed by atoms with Crippen LogP contribution >= 0.6 is 0 Å². The molecule has 0 atom stereocenters. The highest BCUT2D eigenvalue weighted by Gasteiger charge is 2.26. The van der Waals surface area contributed by atoms with Crippen molar-refractivity contribution >= 4 is 10.2 Å². The minimum absolute atomic E-state index is 0.398. The van der Waals surface area contributed by atoms with E-state index in [0.29, 0.717) is 13.1 Å². The van der Waals surface area contributed by atoms with Gasteiger partial charge in [0, 0.05) is 13.1 Å². The van der Waals surface area contributed by atoms with Crippen LogP contribution in [-0.4, -0.2) is 26.4 Å². The van der Waals surface area contributed by atoms with Crippen molar-refractivity contribution in [3.63, 3.8) is 0 Å². The zero-order chi connectivity index (χ0) is 11.6. The van der Waals surface area contributed by atoms with Gasteiger partial charge in [-0.15, -0.1) is 0 Å². The Balaban J connectivity index is 2.20.